The molecule has 3 aliphatic rings. The van der Waals surface area contributed by atoms with Gasteiger partial charge in [0.2, 0.25) is 0 Å². The van der Waals surface area contributed by atoms with Gasteiger partial charge < -0.3 is 9.80 Å². The molecule has 5 rings (SSSR count). The zero-order chi connectivity index (χ0) is 22.4. The molecule has 0 radical (unpaired) electrons. The number of hydrogen-bond donors (Lipinski definition) is 0. The van der Waals surface area contributed by atoms with E-state index in [4.69, 9.17) is 5.26 Å². The first kappa shape index (κ1) is 20.3. The fourth-order valence-electron chi connectivity index (χ4n) is 5.17. The molecule has 7 nitrogen and oxygen atoms in total. The number of piperazine rings is 1. The van der Waals surface area contributed by atoms with Crippen molar-refractivity contribution >= 4 is 23.5 Å². The highest BCUT2D eigenvalue weighted by Crippen LogP contribution is 2.42. The fraction of sp³-hybridized carbons (Fsp3) is 0.360. The van der Waals surface area contributed by atoms with Crippen molar-refractivity contribution in [2.24, 2.45) is 0 Å². The second-order valence-corrected chi connectivity index (χ2v) is 8.68. The minimum absolute atomic E-state index is 0.0868. The average Bonchev–Trinajstić information content (AvgIpc) is 3.49. The van der Waals surface area contributed by atoms with Gasteiger partial charge >= 0.3 is 6.03 Å². The number of urea groups is 1. The average molecular weight is 428 g/mol. The maximum atomic E-state index is 13.3. The summed E-state index contributed by atoms with van der Waals surface area (Å²) in [4.78, 5) is 44.1. The standard InChI is InChI=1S/C25H24N4O3/c1-2-3-4-16-5-9-18(10-6-16)23(30)27-15-20-13-21(27)22-24(31)29(25(32)28(20)22)19-11-7-17(14-26)8-12-19/h5-12,20-22H,2-4,13,15H2,1H3/t20-,21-,22+/m0/s1. The number of likely N-dealkylation sites (tertiary alicyclic amines) is 1. The van der Waals surface area contributed by atoms with Crippen LogP contribution < -0.4 is 4.90 Å². The number of amides is 4. The zero-order valence-corrected chi connectivity index (χ0v) is 17.9. The zero-order valence-electron chi connectivity index (χ0n) is 17.9. The number of nitrogens with zero attached hydrogens (tertiary/aromatic N) is 4. The molecule has 3 atom stereocenters. The van der Waals surface area contributed by atoms with Crippen LogP contribution in [0.2, 0.25) is 0 Å². The number of fused-ring (bicyclic) bond motifs is 5. The molecule has 3 aliphatic heterocycles. The number of anilines is 1. The van der Waals surface area contributed by atoms with Crippen molar-refractivity contribution in [1.29, 1.82) is 5.26 Å². The minimum Gasteiger partial charge on any atom is -0.331 e. The number of benzene rings is 2. The third-order valence-electron chi connectivity index (χ3n) is 6.80. The predicted molar refractivity (Wildman–Crippen MR) is 118 cm³/mol. The maximum absolute atomic E-state index is 13.3. The van der Waals surface area contributed by atoms with E-state index >= 15 is 0 Å². The summed E-state index contributed by atoms with van der Waals surface area (Å²) in [6.45, 7) is 2.60. The van der Waals surface area contributed by atoms with E-state index in [1.807, 2.05) is 30.3 Å². The molecule has 3 heterocycles. The Labute approximate surface area is 186 Å². The lowest BCUT2D eigenvalue weighted by Gasteiger charge is -2.35. The fourth-order valence-corrected chi connectivity index (χ4v) is 5.17. The van der Waals surface area contributed by atoms with Crippen molar-refractivity contribution in [2.45, 2.75) is 50.7 Å². The van der Waals surface area contributed by atoms with Crippen molar-refractivity contribution in [1.82, 2.24) is 9.80 Å². The molecule has 0 aliphatic carbocycles. The van der Waals surface area contributed by atoms with Crippen molar-refractivity contribution in [2.75, 3.05) is 11.4 Å². The quantitative estimate of drug-likeness (QED) is 0.684. The smallest absolute Gasteiger partial charge is 0.331 e. The molecule has 0 N–H and O–H groups in total. The molecule has 3 fully saturated rings. The van der Waals surface area contributed by atoms with Crippen LogP contribution in [0.1, 0.15) is 47.7 Å². The summed E-state index contributed by atoms with van der Waals surface area (Å²) >= 11 is 0. The topological polar surface area (TPSA) is 84.7 Å². The van der Waals surface area contributed by atoms with Crippen LogP contribution in [0.3, 0.4) is 0 Å². The Morgan fingerprint density at radius 3 is 2.47 bits per heavy atom. The second-order valence-electron chi connectivity index (χ2n) is 8.68. The van der Waals surface area contributed by atoms with E-state index in [1.54, 1.807) is 34.1 Å². The van der Waals surface area contributed by atoms with Crippen LogP contribution in [0.5, 0.6) is 0 Å². The van der Waals surface area contributed by atoms with Gasteiger partial charge in [-0.2, -0.15) is 5.26 Å². The monoisotopic (exact) mass is 428 g/mol. The number of imide groups is 1. The SMILES string of the molecule is CCCCc1ccc(C(=O)N2C[C@@H]3C[C@H]2[C@@H]2C(=O)N(c4ccc(C#N)cc4)C(=O)N32)cc1. The lowest BCUT2D eigenvalue weighted by atomic mass is 10.0. The first-order chi connectivity index (χ1) is 15.5. The Kier molecular flexibility index (Phi) is 4.93. The Balaban J connectivity index is 1.35. The van der Waals surface area contributed by atoms with E-state index < -0.39 is 6.04 Å². The summed E-state index contributed by atoms with van der Waals surface area (Å²) in [5, 5.41) is 8.99. The highest BCUT2D eigenvalue weighted by Gasteiger charge is 2.62. The third-order valence-corrected chi connectivity index (χ3v) is 6.80. The van der Waals surface area contributed by atoms with Gasteiger partial charge in [0.05, 0.1) is 29.4 Å². The summed E-state index contributed by atoms with van der Waals surface area (Å²) < 4.78 is 0. The maximum Gasteiger partial charge on any atom is 0.332 e. The van der Waals surface area contributed by atoms with E-state index in [2.05, 4.69) is 6.92 Å². The number of carbonyl (C=O) groups is 3. The molecule has 32 heavy (non-hydrogen) atoms. The first-order valence-electron chi connectivity index (χ1n) is 11.1. The van der Waals surface area contributed by atoms with Gasteiger partial charge in [0.1, 0.15) is 6.04 Å². The van der Waals surface area contributed by atoms with Crippen LogP contribution in [0.25, 0.3) is 0 Å². The van der Waals surface area contributed by atoms with Gasteiger partial charge in [-0.15, -0.1) is 0 Å². The van der Waals surface area contributed by atoms with Gasteiger partial charge in [-0.25, -0.2) is 9.69 Å². The van der Waals surface area contributed by atoms with Crippen LogP contribution in [0.15, 0.2) is 48.5 Å². The van der Waals surface area contributed by atoms with Gasteiger partial charge in [0.25, 0.3) is 11.8 Å². The second kappa shape index (κ2) is 7.79. The number of carbonyl (C=O) groups excluding carboxylic acids is 3. The molecular formula is C25H24N4O3. The number of rotatable bonds is 5. The molecule has 4 amide bonds. The van der Waals surface area contributed by atoms with Crippen LogP contribution in [0, 0.1) is 11.3 Å². The molecule has 162 valence electrons. The molecule has 0 aromatic heterocycles. The Hall–Kier alpha value is -3.66. The minimum atomic E-state index is -0.648. The van der Waals surface area contributed by atoms with Gasteiger partial charge in [0.15, 0.2) is 0 Å². The molecule has 2 aromatic carbocycles. The third kappa shape index (κ3) is 3.06. The molecule has 0 saturated carbocycles. The molecule has 2 bridgehead atoms. The van der Waals surface area contributed by atoms with Crippen molar-refractivity contribution in [3.05, 3.63) is 65.2 Å². The predicted octanol–water partition coefficient (Wildman–Crippen LogP) is 3.33. The highest BCUT2D eigenvalue weighted by atomic mass is 16.2. The van der Waals surface area contributed by atoms with E-state index in [-0.39, 0.29) is 29.9 Å². The molecule has 3 saturated heterocycles. The van der Waals surface area contributed by atoms with Crippen LogP contribution in [0.4, 0.5) is 10.5 Å². The van der Waals surface area contributed by atoms with Crippen molar-refractivity contribution < 1.29 is 14.4 Å². The van der Waals surface area contributed by atoms with E-state index in [9.17, 15) is 14.4 Å². The number of aryl methyl sites for hydroxylation is 1. The van der Waals surface area contributed by atoms with Gasteiger partial charge in [-0.3, -0.25) is 9.59 Å². The summed E-state index contributed by atoms with van der Waals surface area (Å²) in [6.07, 6.45) is 3.87. The molecule has 0 spiro atoms. The Morgan fingerprint density at radius 2 is 1.81 bits per heavy atom. The lowest BCUT2D eigenvalue weighted by Crippen LogP contribution is -2.54. The van der Waals surface area contributed by atoms with Crippen molar-refractivity contribution in [3.8, 4) is 6.07 Å². The largest absolute Gasteiger partial charge is 0.332 e. The highest BCUT2D eigenvalue weighted by molar-refractivity contribution is 6.22. The lowest BCUT2D eigenvalue weighted by molar-refractivity contribution is -0.121. The van der Waals surface area contributed by atoms with Gasteiger partial charge in [-0.05, 0) is 61.2 Å². The Morgan fingerprint density at radius 1 is 1.09 bits per heavy atom. The summed E-state index contributed by atoms with van der Waals surface area (Å²) in [5.74, 6) is -0.393. The van der Waals surface area contributed by atoms with Crippen LogP contribution >= 0.6 is 0 Å². The number of hydrogen-bond acceptors (Lipinski definition) is 4. The summed E-state index contributed by atoms with van der Waals surface area (Å²) in [7, 11) is 0. The van der Waals surface area contributed by atoms with Crippen molar-refractivity contribution in [3.63, 3.8) is 0 Å². The van der Waals surface area contributed by atoms with Crippen LogP contribution in [-0.2, 0) is 11.2 Å². The molecule has 7 heteroatoms. The van der Waals surface area contributed by atoms with E-state index in [0.717, 1.165) is 19.3 Å². The molecular weight excluding hydrogens is 404 g/mol. The molecule has 2 aromatic rings. The van der Waals surface area contributed by atoms with E-state index in [1.165, 1.54) is 10.5 Å². The van der Waals surface area contributed by atoms with Crippen LogP contribution in [-0.4, -0.2) is 52.3 Å². The van der Waals surface area contributed by atoms with Gasteiger partial charge in [-0.1, -0.05) is 25.5 Å². The van der Waals surface area contributed by atoms with Gasteiger partial charge in [0, 0.05) is 12.1 Å². The summed E-state index contributed by atoms with van der Waals surface area (Å²) in [5.41, 5.74) is 2.75. The Bertz CT molecular complexity index is 1120. The summed E-state index contributed by atoms with van der Waals surface area (Å²) in [6, 6.07) is 14.7. The molecule has 0 unspecified atom stereocenters. The normalized spacial score (nSPS) is 23.6. The first-order valence-corrected chi connectivity index (χ1v) is 11.1. The number of unbranched alkanes of at least 4 members (excludes halogenated alkanes) is 1. The van der Waals surface area contributed by atoms with E-state index in [0.29, 0.717) is 29.8 Å². The number of nitriles is 1.